The zero-order valence-corrected chi connectivity index (χ0v) is 17.8. The third kappa shape index (κ3) is 3.91. The molecule has 2 atom stereocenters. The number of fused-ring (bicyclic) bond motifs is 1. The lowest BCUT2D eigenvalue weighted by Gasteiger charge is -2.27. The lowest BCUT2D eigenvalue weighted by Crippen LogP contribution is -2.20. The van der Waals surface area contributed by atoms with Gasteiger partial charge in [-0.25, -0.2) is 0 Å². The SMILES string of the molecule is O=[N+]([O-])c1ccc(Cl)c(C(O)C(c2cc([N+](=O)[O-])ccc2Cl)n2ccc3ccccc32)c1. The number of para-hydroxylation sites is 1. The van der Waals surface area contributed by atoms with Gasteiger partial charge in [-0.1, -0.05) is 41.4 Å². The van der Waals surface area contributed by atoms with Gasteiger partial charge in [0.1, 0.15) is 6.10 Å². The van der Waals surface area contributed by atoms with E-state index in [-0.39, 0.29) is 32.5 Å². The molecule has 1 heterocycles. The Hall–Kier alpha value is -3.46. The predicted octanol–water partition coefficient (Wildman–Crippen LogP) is 6.09. The summed E-state index contributed by atoms with van der Waals surface area (Å²) in [7, 11) is 0. The van der Waals surface area contributed by atoms with Gasteiger partial charge in [-0.05, 0) is 29.7 Å². The van der Waals surface area contributed by atoms with Crippen LogP contribution < -0.4 is 0 Å². The molecule has 32 heavy (non-hydrogen) atoms. The number of halogens is 2. The molecule has 1 aromatic heterocycles. The van der Waals surface area contributed by atoms with Crippen molar-refractivity contribution in [1.29, 1.82) is 0 Å². The smallest absolute Gasteiger partial charge is 0.269 e. The van der Waals surface area contributed by atoms with Crippen molar-refractivity contribution in [3.8, 4) is 0 Å². The zero-order chi connectivity index (χ0) is 23.0. The highest BCUT2D eigenvalue weighted by Gasteiger charge is 2.31. The Kier molecular flexibility index (Phi) is 5.84. The van der Waals surface area contributed by atoms with Crippen LogP contribution in [-0.2, 0) is 0 Å². The van der Waals surface area contributed by atoms with Crippen LogP contribution in [0.15, 0.2) is 72.9 Å². The molecule has 0 fully saturated rings. The first-order chi connectivity index (χ1) is 15.3. The highest BCUT2D eigenvalue weighted by Crippen LogP contribution is 2.42. The monoisotopic (exact) mass is 471 g/mol. The van der Waals surface area contributed by atoms with Crippen molar-refractivity contribution in [2.24, 2.45) is 0 Å². The van der Waals surface area contributed by atoms with E-state index < -0.39 is 22.0 Å². The van der Waals surface area contributed by atoms with Crippen molar-refractivity contribution in [2.45, 2.75) is 12.1 Å². The molecule has 0 spiro atoms. The van der Waals surface area contributed by atoms with Crippen LogP contribution in [0.4, 0.5) is 11.4 Å². The summed E-state index contributed by atoms with van der Waals surface area (Å²) >= 11 is 12.7. The van der Waals surface area contributed by atoms with Gasteiger partial charge in [-0.2, -0.15) is 0 Å². The first kappa shape index (κ1) is 21.8. The molecule has 3 aromatic carbocycles. The summed E-state index contributed by atoms with van der Waals surface area (Å²) in [6.45, 7) is 0. The molecule has 0 aliphatic rings. The van der Waals surface area contributed by atoms with E-state index in [9.17, 15) is 25.3 Å². The van der Waals surface area contributed by atoms with Crippen LogP contribution in [0.2, 0.25) is 10.0 Å². The van der Waals surface area contributed by atoms with E-state index in [1.165, 1.54) is 36.4 Å². The summed E-state index contributed by atoms with van der Waals surface area (Å²) in [5.74, 6) is 0. The van der Waals surface area contributed by atoms with Gasteiger partial charge in [-0.3, -0.25) is 20.2 Å². The van der Waals surface area contributed by atoms with Gasteiger partial charge >= 0.3 is 0 Å². The Bertz CT molecular complexity index is 1350. The molecule has 4 aromatic rings. The molecule has 0 saturated carbocycles. The maximum atomic E-state index is 11.4. The van der Waals surface area contributed by atoms with E-state index >= 15 is 0 Å². The van der Waals surface area contributed by atoms with Crippen molar-refractivity contribution in [3.05, 3.63) is 114 Å². The average molecular weight is 472 g/mol. The van der Waals surface area contributed by atoms with Crippen LogP contribution in [0, 0.1) is 20.2 Å². The second-order valence-electron chi connectivity index (χ2n) is 7.10. The van der Waals surface area contributed by atoms with E-state index in [0.29, 0.717) is 0 Å². The van der Waals surface area contributed by atoms with Crippen LogP contribution >= 0.6 is 23.2 Å². The van der Waals surface area contributed by atoms with Crippen LogP contribution in [-0.4, -0.2) is 19.5 Å². The maximum Gasteiger partial charge on any atom is 0.269 e. The van der Waals surface area contributed by atoms with Crippen LogP contribution in [0.1, 0.15) is 23.3 Å². The number of nitro benzene ring substituents is 2. The number of rotatable bonds is 6. The number of benzene rings is 3. The summed E-state index contributed by atoms with van der Waals surface area (Å²) in [6.07, 6.45) is 0.316. The summed E-state index contributed by atoms with van der Waals surface area (Å²) in [5, 5.41) is 35.3. The Morgan fingerprint density at radius 2 is 1.38 bits per heavy atom. The Balaban J connectivity index is 1.97. The fourth-order valence-electron chi connectivity index (χ4n) is 3.73. The lowest BCUT2D eigenvalue weighted by molar-refractivity contribution is -0.385. The number of nitrogens with zero attached hydrogens (tertiary/aromatic N) is 3. The summed E-state index contributed by atoms with van der Waals surface area (Å²) in [5.41, 5.74) is 0.664. The van der Waals surface area contributed by atoms with Gasteiger partial charge in [0, 0.05) is 57.2 Å². The largest absolute Gasteiger partial charge is 0.386 e. The topological polar surface area (TPSA) is 111 Å². The van der Waals surface area contributed by atoms with Crippen LogP contribution in [0.3, 0.4) is 0 Å². The van der Waals surface area contributed by atoms with Gasteiger partial charge in [0.2, 0.25) is 0 Å². The molecule has 0 bridgehead atoms. The first-order valence-electron chi connectivity index (χ1n) is 9.39. The molecule has 0 radical (unpaired) electrons. The Labute approximate surface area is 191 Å². The standard InChI is InChI=1S/C22H15Cl2N3O5/c23-18-7-5-14(26(29)30)11-16(18)21(25-10-9-13-3-1-2-4-20(13)25)22(28)17-12-15(27(31)32)6-8-19(17)24/h1-12,21-22,28H. The van der Waals surface area contributed by atoms with Gasteiger partial charge in [0.25, 0.3) is 11.4 Å². The summed E-state index contributed by atoms with van der Waals surface area (Å²) < 4.78 is 1.72. The molecular weight excluding hydrogens is 457 g/mol. The normalized spacial score (nSPS) is 13.1. The summed E-state index contributed by atoms with van der Waals surface area (Å²) in [4.78, 5) is 21.5. The van der Waals surface area contributed by atoms with Gasteiger partial charge < -0.3 is 9.67 Å². The molecule has 0 amide bonds. The number of nitro groups is 2. The van der Waals surface area contributed by atoms with E-state index in [1.807, 2.05) is 30.3 Å². The van der Waals surface area contributed by atoms with Crippen molar-refractivity contribution < 1.29 is 15.0 Å². The molecule has 10 heteroatoms. The van der Waals surface area contributed by atoms with E-state index in [2.05, 4.69) is 0 Å². The fraction of sp³-hybridized carbons (Fsp3) is 0.0909. The molecule has 0 aliphatic carbocycles. The third-order valence-electron chi connectivity index (χ3n) is 5.25. The molecule has 0 aliphatic heterocycles. The van der Waals surface area contributed by atoms with E-state index in [4.69, 9.17) is 23.2 Å². The maximum absolute atomic E-state index is 11.4. The van der Waals surface area contributed by atoms with E-state index in [0.717, 1.165) is 10.9 Å². The second-order valence-corrected chi connectivity index (χ2v) is 7.91. The molecular formula is C22H15Cl2N3O5. The molecule has 0 saturated heterocycles. The molecule has 1 N–H and O–H groups in total. The van der Waals surface area contributed by atoms with Gasteiger partial charge in [0.05, 0.1) is 15.9 Å². The summed E-state index contributed by atoms with van der Waals surface area (Å²) in [6, 6.07) is 16.0. The predicted molar refractivity (Wildman–Crippen MR) is 121 cm³/mol. The quantitative estimate of drug-likeness (QED) is 0.270. The number of aliphatic hydroxyl groups is 1. The molecule has 8 nitrogen and oxygen atoms in total. The van der Waals surface area contributed by atoms with Crippen molar-refractivity contribution in [3.63, 3.8) is 0 Å². The van der Waals surface area contributed by atoms with Crippen LogP contribution in [0.5, 0.6) is 0 Å². The highest BCUT2D eigenvalue weighted by molar-refractivity contribution is 6.32. The number of aliphatic hydroxyl groups excluding tert-OH is 1. The second kappa shape index (κ2) is 8.58. The average Bonchev–Trinajstić information content (AvgIpc) is 3.19. The first-order valence-corrected chi connectivity index (χ1v) is 10.1. The highest BCUT2D eigenvalue weighted by atomic mass is 35.5. The minimum atomic E-state index is -1.40. The van der Waals surface area contributed by atoms with Crippen molar-refractivity contribution in [1.82, 2.24) is 4.57 Å². The Morgan fingerprint density at radius 3 is 2.00 bits per heavy atom. The van der Waals surface area contributed by atoms with Crippen LogP contribution in [0.25, 0.3) is 10.9 Å². The van der Waals surface area contributed by atoms with Crippen molar-refractivity contribution in [2.75, 3.05) is 0 Å². The zero-order valence-electron chi connectivity index (χ0n) is 16.3. The molecule has 4 rings (SSSR count). The third-order valence-corrected chi connectivity index (χ3v) is 5.93. The molecule has 162 valence electrons. The lowest BCUT2D eigenvalue weighted by atomic mass is 9.94. The fourth-order valence-corrected chi connectivity index (χ4v) is 4.19. The number of hydrogen-bond donors (Lipinski definition) is 1. The van der Waals surface area contributed by atoms with Gasteiger partial charge in [0.15, 0.2) is 0 Å². The molecule has 2 unspecified atom stereocenters. The number of aromatic nitrogens is 1. The minimum Gasteiger partial charge on any atom is -0.386 e. The minimum absolute atomic E-state index is 0.103. The number of non-ortho nitro benzene ring substituents is 2. The van der Waals surface area contributed by atoms with Crippen molar-refractivity contribution >= 4 is 45.5 Å². The van der Waals surface area contributed by atoms with Gasteiger partial charge in [-0.15, -0.1) is 0 Å². The Morgan fingerprint density at radius 1 is 0.812 bits per heavy atom. The van der Waals surface area contributed by atoms with E-state index in [1.54, 1.807) is 10.8 Å². The number of hydrogen-bond acceptors (Lipinski definition) is 5.